The number of anilines is 1. The number of hydrogen-bond acceptors (Lipinski definition) is 2. The Labute approximate surface area is 97.6 Å². The second-order valence-electron chi connectivity index (χ2n) is 3.57. The molecular weight excluding hydrogens is 229 g/mol. The molecule has 84 valence electrons. The van der Waals surface area contributed by atoms with Crippen molar-refractivity contribution in [2.24, 2.45) is 0 Å². The predicted molar refractivity (Wildman–Crippen MR) is 61.9 cm³/mol. The molecule has 0 aliphatic rings. The first-order chi connectivity index (χ1) is 7.58. The Kier molecular flexibility index (Phi) is 2.83. The third-order valence-corrected chi connectivity index (χ3v) is 2.66. The summed E-state index contributed by atoms with van der Waals surface area (Å²) in [6, 6.07) is 6.31. The molecule has 0 radical (unpaired) electrons. The highest BCUT2D eigenvalue weighted by molar-refractivity contribution is 6.31. The molecule has 3 nitrogen and oxygen atoms in total. The van der Waals surface area contributed by atoms with E-state index in [1.807, 2.05) is 6.92 Å². The van der Waals surface area contributed by atoms with Gasteiger partial charge in [0.2, 0.25) is 0 Å². The summed E-state index contributed by atoms with van der Waals surface area (Å²) in [5, 5.41) is 4.54. The van der Waals surface area contributed by atoms with E-state index in [0.29, 0.717) is 16.4 Å². The normalized spacial score (nSPS) is 10.7. The summed E-state index contributed by atoms with van der Waals surface area (Å²) in [6.07, 6.45) is 0. The standard InChI is InChI=1S/C11H11ClFN3/c1-7-5-11(14)16(15-7)6-8-9(12)3-2-4-10(8)13/h2-5H,6,14H2,1H3. The molecule has 5 heteroatoms. The molecule has 0 amide bonds. The molecule has 16 heavy (non-hydrogen) atoms. The first kappa shape index (κ1) is 11.0. The van der Waals surface area contributed by atoms with Gasteiger partial charge < -0.3 is 5.73 Å². The van der Waals surface area contributed by atoms with Gasteiger partial charge in [-0.1, -0.05) is 17.7 Å². The Balaban J connectivity index is 2.37. The van der Waals surface area contributed by atoms with Gasteiger partial charge in [-0.2, -0.15) is 5.10 Å². The number of hydrogen-bond donors (Lipinski definition) is 1. The average Bonchev–Trinajstić information content (AvgIpc) is 2.51. The molecule has 2 N–H and O–H groups in total. The van der Waals surface area contributed by atoms with Crippen molar-refractivity contribution in [3.63, 3.8) is 0 Å². The topological polar surface area (TPSA) is 43.8 Å². The maximum Gasteiger partial charge on any atom is 0.129 e. The summed E-state index contributed by atoms with van der Waals surface area (Å²) in [5.74, 6) is 0.150. The number of nitrogens with two attached hydrogens (primary N) is 1. The lowest BCUT2D eigenvalue weighted by molar-refractivity contribution is 0.586. The van der Waals surface area contributed by atoms with E-state index in [-0.39, 0.29) is 12.4 Å². The lowest BCUT2D eigenvalue weighted by atomic mass is 10.2. The smallest absolute Gasteiger partial charge is 0.129 e. The molecule has 0 saturated carbocycles. The van der Waals surface area contributed by atoms with Gasteiger partial charge in [0.25, 0.3) is 0 Å². The third kappa shape index (κ3) is 2.02. The Morgan fingerprint density at radius 2 is 2.25 bits per heavy atom. The van der Waals surface area contributed by atoms with E-state index in [9.17, 15) is 4.39 Å². The molecule has 0 atom stereocenters. The summed E-state index contributed by atoms with van der Waals surface area (Å²) in [7, 11) is 0. The Morgan fingerprint density at radius 1 is 1.50 bits per heavy atom. The van der Waals surface area contributed by atoms with Crippen LogP contribution in [0.4, 0.5) is 10.2 Å². The van der Waals surface area contributed by atoms with E-state index in [2.05, 4.69) is 5.10 Å². The second-order valence-corrected chi connectivity index (χ2v) is 3.98. The van der Waals surface area contributed by atoms with Gasteiger partial charge in [-0.3, -0.25) is 0 Å². The van der Waals surface area contributed by atoms with Crippen LogP contribution in [0.15, 0.2) is 24.3 Å². The first-order valence-corrected chi connectivity index (χ1v) is 5.18. The quantitative estimate of drug-likeness (QED) is 0.876. The maximum atomic E-state index is 13.5. The molecule has 0 saturated heterocycles. The van der Waals surface area contributed by atoms with Crippen molar-refractivity contribution in [1.29, 1.82) is 0 Å². The summed E-state index contributed by atoms with van der Waals surface area (Å²) < 4.78 is 15.0. The van der Waals surface area contributed by atoms with Gasteiger partial charge in [0, 0.05) is 16.7 Å². The van der Waals surface area contributed by atoms with Crippen LogP contribution in [0, 0.1) is 12.7 Å². The van der Waals surface area contributed by atoms with Gasteiger partial charge in [-0.25, -0.2) is 9.07 Å². The van der Waals surface area contributed by atoms with Crippen LogP contribution in [0.2, 0.25) is 5.02 Å². The van der Waals surface area contributed by atoms with Crippen molar-refractivity contribution in [2.45, 2.75) is 13.5 Å². The zero-order chi connectivity index (χ0) is 11.7. The molecule has 0 aliphatic heterocycles. The van der Waals surface area contributed by atoms with Gasteiger partial charge >= 0.3 is 0 Å². The Hall–Kier alpha value is -1.55. The van der Waals surface area contributed by atoms with Gasteiger partial charge in [0.05, 0.1) is 12.2 Å². The van der Waals surface area contributed by atoms with Crippen molar-refractivity contribution in [1.82, 2.24) is 9.78 Å². The molecule has 2 aromatic rings. The number of nitrogens with zero attached hydrogens (tertiary/aromatic N) is 2. The fourth-order valence-electron chi connectivity index (χ4n) is 1.53. The summed E-state index contributed by atoms with van der Waals surface area (Å²) in [5.41, 5.74) is 6.92. The van der Waals surface area contributed by atoms with Crippen LogP contribution < -0.4 is 5.73 Å². The summed E-state index contributed by atoms with van der Waals surface area (Å²) in [6.45, 7) is 2.07. The van der Waals surface area contributed by atoms with Crippen LogP contribution >= 0.6 is 11.6 Å². The highest BCUT2D eigenvalue weighted by atomic mass is 35.5. The van der Waals surface area contributed by atoms with E-state index in [1.165, 1.54) is 10.7 Å². The fraction of sp³-hybridized carbons (Fsp3) is 0.182. The number of benzene rings is 1. The third-order valence-electron chi connectivity index (χ3n) is 2.30. The van der Waals surface area contributed by atoms with E-state index in [4.69, 9.17) is 17.3 Å². The molecule has 0 fully saturated rings. The zero-order valence-electron chi connectivity index (χ0n) is 8.74. The molecule has 0 aliphatic carbocycles. The van der Waals surface area contributed by atoms with Gasteiger partial charge in [-0.05, 0) is 19.1 Å². The Morgan fingerprint density at radius 3 is 2.81 bits per heavy atom. The van der Waals surface area contributed by atoms with Crippen molar-refractivity contribution in [2.75, 3.05) is 5.73 Å². The lowest BCUT2D eigenvalue weighted by Gasteiger charge is -2.07. The average molecular weight is 240 g/mol. The SMILES string of the molecule is Cc1cc(N)n(Cc2c(F)cccc2Cl)n1. The molecule has 1 heterocycles. The molecule has 0 bridgehead atoms. The van der Waals surface area contributed by atoms with E-state index >= 15 is 0 Å². The van der Waals surface area contributed by atoms with Crippen LogP contribution in [0.1, 0.15) is 11.3 Å². The molecule has 1 aromatic carbocycles. The minimum atomic E-state index is -0.347. The van der Waals surface area contributed by atoms with Gasteiger partial charge in [0.15, 0.2) is 0 Å². The number of halogens is 2. The molecule has 0 spiro atoms. The van der Waals surface area contributed by atoms with E-state index in [1.54, 1.807) is 18.2 Å². The number of rotatable bonds is 2. The highest BCUT2D eigenvalue weighted by Gasteiger charge is 2.10. The number of aromatic nitrogens is 2. The highest BCUT2D eigenvalue weighted by Crippen LogP contribution is 2.21. The largest absolute Gasteiger partial charge is 0.384 e. The maximum absolute atomic E-state index is 13.5. The molecule has 0 unspecified atom stereocenters. The molecular formula is C11H11ClFN3. The number of nitrogen functional groups attached to an aromatic ring is 1. The van der Waals surface area contributed by atoms with Gasteiger partial charge in [0.1, 0.15) is 11.6 Å². The van der Waals surface area contributed by atoms with Gasteiger partial charge in [-0.15, -0.1) is 0 Å². The Bertz CT molecular complexity index is 502. The van der Waals surface area contributed by atoms with E-state index < -0.39 is 0 Å². The number of aryl methyl sites for hydroxylation is 1. The van der Waals surface area contributed by atoms with Crippen LogP contribution in [0.5, 0.6) is 0 Å². The monoisotopic (exact) mass is 239 g/mol. The van der Waals surface area contributed by atoms with E-state index in [0.717, 1.165) is 5.69 Å². The molecule has 2 rings (SSSR count). The first-order valence-electron chi connectivity index (χ1n) is 4.81. The predicted octanol–water partition coefficient (Wildman–Crippen LogP) is 2.61. The van der Waals surface area contributed by atoms with Crippen LogP contribution in [0.3, 0.4) is 0 Å². The van der Waals surface area contributed by atoms with Crippen molar-refractivity contribution >= 4 is 17.4 Å². The summed E-state index contributed by atoms with van der Waals surface area (Å²) in [4.78, 5) is 0. The minimum absolute atomic E-state index is 0.241. The minimum Gasteiger partial charge on any atom is -0.384 e. The zero-order valence-corrected chi connectivity index (χ0v) is 9.50. The van der Waals surface area contributed by atoms with Crippen LogP contribution in [-0.4, -0.2) is 9.78 Å². The van der Waals surface area contributed by atoms with Crippen LogP contribution in [-0.2, 0) is 6.54 Å². The summed E-state index contributed by atoms with van der Waals surface area (Å²) >= 11 is 5.92. The van der Waals surface area contributed by atoms with Crippen molar-refractivity contribution in [3.05, 3.63) is 46.4 Å². The fourth-order valence-corrected chi connectivity index (χ4v) is 1.75. The molecule has 1 aromatic heterocycles. The van der Waals surface area contributed by atoms with Crippen LogP contribution in [0.25, 0.3) is 0 Å². The van der Waals surface area contributed by atoms with Crippen molar-refractivity contribution < 1.29 is 4.39 Å². The second kappa shape index (κ2) is 4.14. The van der Waals surface area contributed by atoms with Crippen molar-refractivity contribution in [3.8, 4) is 0 Å². The lowest BCUT2D eigenvalue weighted by Crippen LogP contribution is -2.07.